The Hall–Kier alpha value is -2.41. The zero-order valence-electron chi connectivity index (χ0n) is 16.5. The van der Waals surface area contributed by atoms with Crippen molar-refractivity contribution in [1.29, 1.82) is 0 Å². The predicted molar refractivity (Wildman–Crippen MR) is 107 cm³/mol. The number of ether oxygens (including phenoxy) is 1. The van der Waals surface area contributed by atoms with Gasteiger partial charge in [-0.15, -0.1) is 0 Å². The largest absolute Gasteiger partial charge is 0.487 e. The molecule has 146 valence electrons. The number of nitrogens with zero attached hydrogens (tertiary/aromatic N) is 3. The number of pyridine rings is 1. The Morgan fingerprint density at radius 2 is 2.22 bits per heavy atom. The molecule has 0 radical (unpaired) electrons. The highest BCUT2D eigenvalue weighted by molar-refractivity contribution is 5.81. The Morgan fingerprint density at radius 1 is 1.44 bits per heavy atom. The first-order valence-electron chi connectivity index (χ1n) is 9.42. The molecule has 1 aromatic heterocycles. The number of nitrogens with two attached hydrogens (primary N) is 1. The van der Waals surface area contributed by atoms with E-state index < -0.39 is 0 Å². The lowest BCUT2D eigenvalue weighted by Gasteiger charge is -2.34. The summed E-state index contributed by atoms with van der Waals surface area (Å²) in [5.74, 6) is 2.09. The standard InChI is InChI=1S/C20H29N5O2/c1-12-13(2)20(24-17(10-23-4)16(12)11-26)25-6-5-19(15-7-18(15)25)27-14(8-21)9-22-3/h8-9,11,15,18-19,23H,5-7,10,21H2,1-4H3. The highest BCUT2D eigenvalue weighted by atomic mass is 16.5. The van der Waals surface area contributed by atoms with Crippen molar-refractivity contribution in [1.82, 2.24) is 10.3 Å². The van der Waals surface area contributed by atoms with E-state index in [9.17, 15) is 4.79 Å². The highest BCUT2D eigenvalue weighted by Gasteiger charge is 2.52. The average molecular weight is 371 g/mol. The monoisotopic (exact) mass is 371 g/mol. The van der Waals surface area contributed by atoms with Gasteiger partial charge < -0.3 is 20.7 Å². The Labute approximate surface area is 160 Å². The molecule has 0 spiro atoms. The summed E-state index contributed by atoms with van der Waals surface area (Å²) < 4.78 is 6.06. The fraction of sp³-hybridized carbons (Fsp3) is 0.550. The maximum absolute atomic E-state index is 11.5. The van der Waals surface area contributed by atoms with Crippen LogP contribution in [0.15, 0.2) is 17.0 Å². The van der Waals surface area contributed by atoms with Crippen molar-refractivity contribution < 1.29 is 9.53 Å². The third-order valence-corrected chi connectivity index (χ3v) is 5.63. The number of aromatic nitrogens is 1. The third kappa shape index (κ3) is 3.69. The average Bonchev–Trinajstić information content (AvgIpc) is 3.46. The molecule has 0 aromatic carbocycles. The van der Waals surface area contributed by atoms with Gasteiger partial charge in [-0.05, 0) is 38.4 Å². The van der Waals surface area contributed by atoms with Gasteiger partial charge >= 0.3 is 0 Å². The zero-order valence-corrected chi connectivity index (χ0v) is 16.5. The van der Waals surface area contributed by atoms with Gasteiger partial charge in [-0.3, -0.25) is 9.79 Å². The Kier molecular flexibility index (Phi) is 5.79. The second-order valence-corrected chi connectivity index (χ2v) is 7.26. The molecule has 1 aliphatic carbocycles. The van der Waals surface area contributed by atoms with Crippen LogP contribution in [-0.2, 0) is 11.3 Å². The summed E-state index contributed by atoms with van der Waals surface area (Å²) >= 11 is 0. The molecule has 1 aromatic rings. The Balaban J connectivity index is 1.81. The number of aliphatic imine (C=N–C) groups is 1. The van der Waals surface area contributed by atoms with Gasteiger partial charge in [0.25, 0.3) is 0 Å². The van der Waals surface area contributed by atoms with Crippen molar-refractivity contribution in [3.8, 4) is 0 Å². The molecule has 1 aliphatic heterocycles. The van der Waals surface area contributed by atoms with Gasteiger partial charge in [0, 0.05) is 50.3 Å². The molecule has 7 heteroatoms. The molecule has 3 atom stereocenters. The first-order chi connectivity index (χ1) is 13.0. The van der Waals surface area contributed by atoms with Gasteiger partial charge in [0.15, 0.2) is 12.0 Å². The van der Waals surface area contributed by atoms with Gasteiger partial charge in [0.05, 0.1) is 11.9 Å². The normalized spacial score (nSPS) is 24.8. The van der Waals surface area contributed by atoms with E-state index in [1.54, 1.807) is 13.3 Å². The third-order valence-electron chi connectivity index (χ3n) is 5.63. The summed E-state index contributed by atoms with van der Waals surface area (Å²) in [7, 11) is 3.57. The molecule has 3 rings (SSSR count). The van der Waals surface area contributed by atoms with Gasteiger partial charge in [-0.2, -0.15) is 0 Å². The number of allylic oxidation sites excluding steroid dienone is 1. The second-order valence-electron chi connectivity index (χ2n) is 7.26. The second kappa shape index (κ2) is 8.08. The van der Waals surface area contributed by atoms with E-state index in [0.717, 1.165) is 48.3 Å². The predicted octanol–water partition coefficient (Wildman–Crippen LogP) is 1.71. The first kappa shape index (κ1) is 19.4. The van der Waals surface area contributed by atoms with Crippen LogP contribution in [0, 0.1) is 19.8 Å². The molecular weight excluding hydrogens is 342 g/mol. The number of carbonyl (C=O) groups excluding carboxylic acids is 1. The number of fused-ring (bicyclic) bond motifs is 1. The van der Waals surface area contributed by atoms with Crippen molar-refractivity contribution in [3.63, 3.8) is 0 Å². The van der Waals surface area contributed by atoms with E-state index in [2.05, 4.69) is 22.1 Å². The van der Waals surface area contributed by atoms with E-state index in [1.807, 2.05) is 14.0 Å². The number of rotatable bonds is 7. The smallest absolute Gasteiger partial charge is 0.152 e. The Bertz CT molecular complexity index is 774. The molecule has 3 N–H and O–H groups in total. The first-order valence-corrected chi connectivity index (χ1v) is 9.42. The Morgan fingerprint density at radius 3 is 2.85 bits per heavy atom. The summed E-state index contributed by atoms with van der Waals surface area (Å²) in [6.07, 6.45) is 6.19. The summed E-state index contributed by atoms with van der Waals surface area (Å²) in [5, 5.41) is 3.11. The molecule has 0 amide bonds. The zero-order chi connectivity index (χ0) is 19.6. The van der Waals surface area contributed by atoms with Crippen molar-refractivity contribution >= 4 is 18.3 Å². The number of hydrogen-bond donors (Lipinski definition) is 2. The quantitative estimate of drug-likeness (QED) is 0.431. The molecule has 7 nitrogen and oxygen atoms in total. The van der Waals surface area contributed by atoms with Gasteiger partial charge in [0.2, 0.25) is 0 Å². The molecule has 2 heterocycles. The van der Waals surface area contributed by atoms with Gasteiger partial charge in [-0.25, -0.2) is 4.98 Å². The minimum Gasteiger partial charge on any atom is -0.487 e. The maximum atomic E-state index is 11.5. The summed E-state index contributed by atoms with van der Waals surface area (Å²) in [6, 6.07) is 0.427. The number of carbonyl (C=O) groups is 1. The number of aldehydes is 1. The molecule has 2 fully saturated rings. The van der Waals surface area contributed by atoms with Crippen LogP contribution in [0.25, 0.3) is 0 Å². The molecule has 1 saturated carbocycles. The molecule has 1 saturated heterocycles. The van der Waals surface area contributed by atoms with E-state index in [4.69, 9.17) is 15.5 Å². The number of anilines is 1. The van der Waals surface area contributed by atoms with Crippen LogP contribution in [0.1, 0.15) is 40.0 Å². The fourth-order valence-electron chi connectivity index (χ4n) is 4.02. The van der Waals surface area contributed by atoms with Crippen LogP contribution in [0.2, 0.25) is 0 Å². The van der Waals surface area contributed by atoms with Crippen LogP contribution in [-0.4, -0.2) is 50.3 Å². The molecule has 27 heavy (non-hydrogen) atoms. The van der Waals surface area contributed by atoms with Crippen LogP contribution < -0.4 is 16.0 Å². The molecule has 2 aliphatic rings. The summed E-state index contributed by atoms with van der Waals surface area (Å²) in [6.45, 7) is 5.52. The number of hydrogen-bond acceptors (Lipinski definition) is 7. The van der Waals surface area contributed by atoms with Crippen molar-refractivity contribution in [2.75, 3.05) is 25.5 Å². The topological polar surface area (TPSA) is 92.8 Å². The van der Waals surface area contributed by atoms with Gasteiger partial charge in [-0.1, -0.05) is 0 Å². The van der Waals surface area contributed by atoms with E-state index in [-0.39, 0.29) is 6.10 Å². The fourth-order valence-corrected chi connectivity index (χ4v) is 4.02. The maximum Gasteiger partial charge on any atom is 0.152 e. The van der Waals surface area contributed by atoms with Crippen LogP contribution in [0.5, 0.6) is 0 Å². The number of nitrogens with one attached hydrogen (secondary N) is 1. The minimum absolute atomic E-state index is 0.159. The molecular formula is C20H29N5O2. The summed E-state index contributed by atoms with van der Waals surface area (Å²) in [4.78, 5) is 22.8. The van der Waals surface area contributed by atoms with E-state index in [1.165, 1.54) is 6.20 Å². The lowest BCUT2D eigenvalue weighted by Crippen LogP contribution is -2.40. The minimum atomic E-state index is 0.159. The van der Waals surface area contributed by atoms with Crippen molar-refractivity contribution in [3.05, 3.63) is 34.3 Å². The van der Waals surface area contributed by atoms with Gasteiger partial charge in [0.1, 0.15) is 11.9 Å². The van der Waals surface area contributed by atoms with E-state index >= 15 is 0 Å². The van der Waals surface area contributed by atoms with Crippen molar-refractivity contribution in [2.24, 2.45) is 16.6 Å². The lowest BCUT2D eigenvalue weighted by molar-refractivity contribution is 0.0936. The molecule has 0 bridgehead atoms. The number of piperidine rings is 1. The highest BCUT2D eigenvalue weighted by Crippen LogP contribution is 2.47. The van der Waals surface area contributed by atoms with Crippen LogP contribution in [0.3, 0.4) is 0 Å². The SMILES string of the molecule is CN=CC(=CN)OC1CCN(c2nc(CNC)c(C=O)c(C)c2C)C2CC12. The molecule has 3 unspecified atom stereocenters. The lowest BCUT2D eigenvalue weighted by atomic mass is 10.0. The summed E-state index contributed by atoms with van der Waals surface area (Å²) in [5.41, 5.74) is 9.25. The van der Waals surface area contributed by atoms with Crippen LogP contribution in [0.4, 0.5) is 5.82 Å². The van der Waals surface area contributed by atoms with Crippen molar-refractivity contribution in [2.45, 2.75) is 45.4 Å². The van der Waals surface area contributed by atoms with Crippen LogP contribution >= 0.6 is 0 Å². The van der Waals surface area contributed by atoms with E-state index in [0.29, 0.717) is 29.8 Å².